The van der Waals surface area contributed by atoms with Gasteiger partial charge in [-0.25, -0.2) is 4.98 Å². The number of hydrogen-bond acceptors (Lipinski definition) is 7. The molecule has 4 rings (SSSR count). The van der Waals surface area contributed by atoms with E-state index < -0.39 is 0 Å². The molecule has 3 heterocycles. The minimum atomic E-state index is 0.135. The molecule has 2 aromatic rings. The topological polar surface area (TPSA) is 72.4 Å². The third kappa shape index (κ3) is 4.54. The highest BCUT2D eigenvalue weighted by Gasteiger charge is 2.51. The second-order valence-electron chi connectivity index (χ2n) is 8.79. The minimum Gasteiger partial charge on any atom is -0.465 e. The van der Waals surface area contributed by atoms with E-state index >= 15 is 0 Å². The second-order valence-corrected chi connectivity index (χ2v) is 9.71. The van der Waals surface area contributed by atoms with Crippen LogP contribution in [0.4, 0.5) is 5.82 Å². The SMILES string of the molecule is COCOc1cc(Br)cnc1-c1ccc(N(C)C2CC(C)(C)NC3(CC3)C2)nn1. The van der Waals surface area contributed by atoms with Gasteiger partial charge in [-0.15, -0.1) is 10.2 Å². The van der Waals surface area contributed by atoms with Crippen LogP contribution in [-0.2, 0) is 4.74 Å². The molecule has 0 bridgehead atoms. The molecule has 1 saturated carbocycles. The highest BCUT2D eigenvalue weighted by molar-refractivity contribution is 9.10. The fraction of sp³-hybridized carbons (Fsp3) is 0.571. The van der Waals surface area contributed by atoms with Crippen molar-refractivity contribution in [3.05, 3.63) is 28.9 Å². The lowest BCUT2D eigenvalue weighted by atomic mass is 9.83. The van der Waals surface area contributed by atoms with E-state index in [0.29, 0.717) is 28.7 Å². The van der Waals surface area contributed by atoms with Crippen molar-refractivity contribution in [1.82, 2.24) is 20.5 Å². The van der Waals surface area contributed by atoms with Crippen molar-refractivity contribution in [3.63, 3.8) is 0 Å². The monoisotopic (exact) mass is 461 g/mol. The molecule has 1 aliphatic heterocycles. The molecule has 0 aromatic carbocycles. The van der Waals surface area contributed by atoms with Crippen LogP contribution in [0.3, 0.4) is 0 Å². The van der Waals surface area contributed by atoms with Gasteiger partial charge in [-0.2, -0.15) is 0 Å². The molecule has 1 atom stereocenters. The van der Waals surface area contributed by atoms with Gasteiger partial charge < -0.3 is 19.7 Å². The van der Waals surface area contributed by atoms with Gasteiger partial charge in [-0.05, 0) is 73.7 Å². The highest BCUT2D eigenvalue weighted by Crippen LogP contribution is 2.47. The van der Waals surface area contributed by atoms with Crippen molar-refractivity contribution in [3.8, 4) is 17.1 Å². The third-order valence-electron chi connectivity index (χ3n) is 5.78. The summed E-state index contributed by atoms with van der Waals surface area (Å²) in [5.41, 5.74) is 1.77. The van der Waals surface area contributed by atoms with Crippen LogP contribution < -0.4 is 15.0 Å². The van der Waals surface area contributed by atoms with Crippen LogP contribution in [-0.4, -0.2) is 53.3 Å². The molecule has 1 spiro atoms. The summed E-state index contributed by atoms with van der Waals surface area (Å²) in [6.07, 6.45) is 6.50. The average Bonchev–Trinajstić information content (AvgIpc) is 3.42. The molecule has 7 nitrogen and oxygen atoms in total. The van der Waals surface area contributed by atoms with Gasteiger partial charge in [0.05, 0.1) is 0 Å². The van der Waals surface area contributed by atoms with Crippen molar-refractivity contribution < 1.29 is 9.47 Å². The average molecular weight is 462 g/mol. The molecule has 1 N–H and O–H groups in total. The van der Waals surface area contributed by atoms with Gasteiger partial charge in [0, 0.05) is 41.9 Å². The molecule has 0 amide bonds. The van der Waals surface area contributed by atoms with E-state index in [1.54, 1.807) is 13.3 Å². The fourth-order valence-corrected chi connectivity index (χ4v) is 4.67. The van der Waals surface area contributed by atoms with Crippen molar-refractivity contribution in [2.75, 3.05) is 25.9 Å². The maximum absolute atomic E-state index is 5.65. The van der Waals surface area contributed by atoms with Crippen LogP contribution in [0, 0.1) is 0 Å². The smallest absolute Gasteiger partial charge is 0.188 e. The van der Waals surface area contributed by atoms with E-state index in [-0.39, 0.29) is 12.3 Å². The summed E-state index contributed by atoms with van der Waals surface area (Å²) in [7, 11) is 3.71. The molecule has 29 heavy (non-hydrogen) atoms. The van der Waals surface area contributed by atoms with E-state index in [9.17, 15) is 0 Å². The van der Waals surface area contributed by atoms with Crippen molar-refractivity contribution in [2.45, 2.75) is 56.7 Å². The van der Waals surface area contributed by atoms with E-state index in [1.165, 1.54) is 12.8 Å². The molecule has 1 unspecified atom stereocenters. The van der Waals surface area contributed by atoms with Crippen LogP contribution in [0.2, 0.25) is 0 Å². The number of piperidine rings is 1. The van der Waals surface area contributed by atoms with Crippen LogP contribution in [0.5, 0.6) is 5.75 Å². The molecule has 2 aliphatic rings. The Morgan fingerprint density at radius 3 is 2.69 bits per heavy atom. The predicted octanol–water partition coefficient (Wildman–Crippen LogP) is 3.78. The third-order valence-corrected chi connectivity index (χ3v) is 6.22. The van der Waals surface area contributed by atoms with Crippen molar-refractivity contribution in [2.24, 2.45) is 0 Å². The Kier molecular flexibility index (Phi) is 5.52. The lowest BCUT2D eigenvalue weighted by Crippen LogP contribution is -2.58. The van der Waals surface area contributed by atoms with Crippen molar-refractivity contribution in [1.29, 1.82) is 0 Å². The number of methoxy groups -OCH3 is 1. The lowest BCUT2D eigenvalue weighted by molar-refractivity contribution is 0.0512. The van der Waals surface area contributed by atoms with E-state index in [2.05, 4.69) is 62.2 Å². The van der Waals surface area contributed by atoms with Gasteiger partial charge in [-0.1, -0.05) is 0 Å². The number of nitrogens with one attached hydrogen (secondary N) is 1. The zero-order valence-electron chi connectivity index (χ0n) is 17.4. The van der Waals surface area contributed by atoms with Crippen LogP contribution in [0.15, 0.2) is 28.9 Å². The Bertz CT molecular complexity index is 864. The first-order valence-corrected chi connectivity index (χ1v) is 10.7. The number of ether oxygens (including phenoxy) is 2. The van der Waals surface area contributed by atoms with Crippen molar-refractivity contribution >= 4 is 21.7 Å². The number of aromatic nitrogens is 3. The van der Waals surface area contributed by atoms with Crippen LogP contribution in [0.25, 0.3) is 11.4 Å². The number of anilines is 1. The van der Waals surface area contributed by atoms with Crippen LogP contribution in [0.1, 0.15) is 39.5 Å². The molecule has 8 heteroatoms. The molecule has 0 radical (unpaired) electrons. The maximum atomic E-state index is 5.65. The first-order valence-electron chi connectivity index (χ1n) is 9.94. The van der Waals surface area contributed by atoms with Gasteiger partial charge in [0.1, 0.15) is 11.4 Å². The number of nitrogens with zero attached hydrogens (tertiary/aromatic N) is 4. The van der Waals surface area contributed by atoms with E-state index in [4.69, 9.17) is 9.47 Å². The first kappa shape index (κ1) is 20.5. The van der Waals surface area contributed by atoms with Gasteiger partial charge in [0.25, 0.3) is 0 Å². The summed E-state index contributed by atoms with van der Waals surface area (Å²) in [4.78, 5) is 6.73. The standard InChI is InChI=1S/C21H28BrN5O2/c1-20(2)10-15(11-21(26-20)7-8-21)27(3)18-6-5-16(24-25-18)19-17(29-13-28-4)9-14(22)12-23-19/h5-6,9,12,15,26H,7-8,10-11,13H2,1-4H3. The van der Waals surface area contributed by atoms with Gasteiger partial charge in [-0.3, -0.25) is 0 Å². The Morgan fingerprint density at radius 2 is 2.03 bits per heavy atom. The summed E-state index contributed by atoms with van der Waals surface area (Å²) >= 11 is 3.43. The Balaban J connectivity index is 1.54. The number of halogens is 1. The summed E-state index contributed by atoms with van der Waals surface area (Å²) in [5.74, 6) is 1.48. The predicted molar refractivity (Wildman–Crippen MR) is 116 cm³/mol. The van der Waals surface area contributed by atoms with E-state index in [1.807, 2.05) is 18.2 Å². The Hall–Kier alpha value is -1.77. The van der Waals surface area contributed by atoms with Gasteiger partial charge in [0.2, 0.25) is 0 Å². The summed E-state index contributed by atoms with van der Waals surface area (Å²) in [6.45, 7) is 4.73. The number of pyridine rings is 1. The highest BCUT2D eigenvalue weighted by atomic mass is 79.9. The summed E-state index contributed by atoms with van der Waals surface area (Å²) in [5, 5.41) is 12.8. The molecule has 156 valence electrons. The quantitative estimate of drug-likeness (QED) is 0.655. The molecule has 2 aromatic heterocycles. The zero-order valence-corrected chi connectivity index (χ0v) is 19.0. The fourth-order valence-electron chi connectivity index (χ4n) is 4.36. The number of hydrogen-bond donors (Lipinski definition) is 1. The summed E-state index contributed by atoms with van der Waals surface area (Å²) in [6, 6.07) is 6.27. The maximum Gasteiger partial charge on any atom is 0.188 e. The first-order chi connectivity index (χ1) is 13.8. The molecule has 2 fully saturated rings. The lowest BCUT2D eigenvalue weighted by Gasteiger charge is -2.45. The van der Waals surface area contributed by atoms with Crippen LogP contribution >= 0.6 is 15.9 Å². The molecule has 1 aliphatic carbocycles. The largest absolute Gasteiger partial charge is 0.465 e. The summed E-state index contributed by atoms with van der Waals surface area (Å²) < 4.78 is 11.5. The molecule has 1 saturated heterocycles. The van der Waals surface area contributed by atoms with E-state index in [0.717, 1.165) is 23.1 Å². The Morgan fingerprint density at radius 1 is 1.24 bits per heavy atom. The zero-order chi connectivity index (χ0) is 20.6. The molecular weight excluding hydrogens is 434 g/mol. The number of rotatable bonds is 6. The van der Waals surface area contributed by atoms with Gasteiger partial charge >= 0.3 is 0 Å². The minimum absolute atomic E-state index is 0.135. The van der Waals surface area contributed by atoms with Gasteiger partial charge in [0.15, 0.2) is 18.4 Å². The molecular formula is C21H28BrN5O2. The second kappa shape index (κ2) is 7.81. The Labute approximate surface area is 180 Å². The normalized spacial score (nSPS) is 21.8.